The first kappa shape index (κ1) is 11.0. The summed E-state index contributed by atoms with van der Waals surface area (Å²) in [5.74, 6) is 0.934. The van der Waals surface area contributed by atoms with Gasteiger partial charge in [-0.2, -0.15) is 0 Å². The third-order valence-corrected chi connectivity index (χ3v) is 3.03. The van der Waals surface area contributed by atoms with Crippen LogP contribution in [0.1, 0.15) is 10.6 Å². The van der Waals surface area contributed by atoms with Crippen LogP contribution in [0.4, 0.5) is 0 Å². The van der Waals surface area contributed by atoms with Crippen molar-refractivity contribution >= 4 is 28.8 Å². The van der Waals surface area contributed by atoms with Crippen molar-refractivity contribution in [3.8, 4) is 11.3 Å². The number of aldehydes is 1. The fourth-order valence-corrected chi connectivity index (χ4v) is 2.13. The average molecular weight is 258 g/mol. The number of carbonyl (C=O) groups is 1. The molecule has 0 aliphatic carbocycles. The van der Waals surface area contributed by atoms with Gasteiger partial charge in [-0.3, -0.25) is 9.78 Å². The standard InChI is InChI=1S/C14H8ClNO2/c15-12-5-4-10(11-2-1-7-16-14(11)12)13-6-3-9(8-17)18-13/h1-8H. The van der Waals surface area contributed by atoms with Crippen LogP contribution < -0.4 is 0 Å². The van der Waals surface area contributed by atoms with E-state index in [0.29, 0.717) is 22.8 Å². The van der Waals surface area contributed by atoms with Gasteiger partial charge in [0, 0.05) is 17.1 Å². The molecule has 3 nitrogen and oxygen atoms in total. The molecule has 0 atom stereocenters. The Morgan fingerprint density at radius 2 is 2.06 bits per heavy atom. The summed E-state index contributed by atoms with van der Waals surface area (Å²) in [6, 6.07) is 10.8. The van der Waals surface area contributed by atoms with Gasteiger partial charge in [-0.05, 0) is 30.3 Å². The Hall–Kier alpha value is -2.13. The molecule has 0 aliphatic rings. The van der Waals surface area contributed by atoms with Crippen molar-refractivity contribution in [1.29, 1.82) is 0 Å². The van der Waals surface area contributed by atoms with Crippen molar-refractivity contribution < 1.29 is 9.21 Å². The maximum atomic E-state index is 10.6. The van der Waals surface area contributed by atoms with Crippen LogP contribution in [0.5, 0.6) is 0 Å². The molecule has 0 bridgehead atoms. The minimum absolute atomic E-state index is 0.303. The van der Waals surface area contributed by atoms with E-state index in [2.05, 4.69) is 4.98 Å². The van der Waals surface area contributed by atoms with Gasteiger partial charge in [0.2, 0.25) is 0 Å². The van der Waals surface area contributed by atoms with Gasteiger partial charge in [0.1, 0.15) is 5.76 Å². The zero-order chi connectivity index (χ0) is 12.5. The second-order valence-corrected chi connectivity index (χ2v) is 4.22. The number of halogens is 1. The fourth-order valence-electron chi connectivity index (χ4n) is 1.91. The fraction of sp³-hybridized carbons (Fsp3) is 0. The number of furan rings is 1. The van der Waals surface area contributed by atoms with Gasteiger partial charge >= 0.3 is 0 Å². The summed E-state index contributed by atoms with van der Waals surface area (Å²) >= 11 is 6.10. The average Bonchev–Trinajstić information content (AvgIpc) is 2.88. The summed E-state index contributed by atoms with van der Waals surface area (Å²) in [6.45, 7) is 0. The molecule has 4 heteroatoms. The Labute approximate surface area is 108 Å². The zero-order valence-electron chi connectivity index (χ0n) is 9.26. The lowest BCUT2D eigenvalue weighted by Crippen LogP contribution is -1.83. The highest BCUT2D eigenvalue weighted by atomic mass is 35.5. The van der Waals surface area contributed by atoms with Crippen molar-refractivity contribution in [2.24, 2.45) is 0 Å². The molecule has 0 radical (unpaired) electrons. The summed E-state index contributed by atoms with van der Waals surface area (Å²) in [7, 11) is 0. The topological polar surface area (TPSA) is 43.1 Å². The van der Waals surface area contributed by atoms with E-state index in [1.807, 2.05) is 18.2 Å². The van der Waals surface area contributed by atoms with Crippen LogP contribution in [0.25, 0.3) is 22.2 Å². The normalized spacial score (nSPS) is 10.7. The molecular weight excluding hydrogens is 250 g/mol. The summed E-state index contributed by atoms with van der Waals surface area (Å²) in [4.78, 5) is 14.9. The molecule has 2 heterocycles. The van der Waals surface area contributed by atoms with Crippen molar-refractivity contribution in [3.63, 3.8) is 0 Å². The van der Waals surface area contributed by atoms with Crippen LogP contribution in [-0.4, -0.2) is 11.3 Å². The summed E-state index contributed by atoms with van der Waals surface area (Å²) in [5, 5.41) is 1.49. The predicted octanol–water partition coefficient (Wildman–Crippen LogP) is 3.96. The van der Waals surface area contributed by atoms with Crippen LogP contribution in [0.15, 0.2) is 47.0 Å². The summed E-state index contributed by atoms with van der Waals surface area (Å²) in [6.07, 6.45) is 2.37. The molecule has 0 unspecified atom stereocenters. The van der Waals surface area contributed by atoms with Crippen LogP contribution in [0.2, 0.25) is 5.02 Å². The first-order valence-corrected chi connectivity index (χ1v) is 5.76. The lowest BCUT2D eigenvalue weighted by molar-refractivity contribution is 0.110. The Balaban J connectivity index is 2.29. The van der Waals surface area contributed by atoms with Crippen molar-refractivity contribution in [2.45, 2.75) is 0 Å². The van der Waals surface area contributed by atoms with E-state index in [-0.39, 0.29) is 0 Å². The third kappa shape index (κ3) is 1.69. The van der Waals surface area contributed by atoms with E-state index in [9.17, 15) is 4.79 Å². The molecule has 0 fully saturated rings. The number of hydrogen-bond donors (Lipinski definition) is 0. The highest BCUT2D eigenvalue weighted by Crippen LogP contribution is 2.32. The maximum Gasteiger partial charge on any atom is 0.185 e. The van der Waals surface area contributed by atoms with Crippen LogP contribution in [-0.2, 0) is 0 Å². The molecule has 3 rings (SSSR count). The largest absolute Gasteiger partial charge is 0.453 e. The molecule has 88 valence electrons. The maximum absolute atomic E-state index is 10.6. The van der Waals surface area contributed by atoms with Crippen molar-refractivity contribution in [1.82, 2.24) is 4.98 Å². The van der Waals surface area contributed by atoms with Crippen molar-refractivity contribution in [3.05, 3.63) is 53.4 Å². The molecule has 0 aliphatic heterocycles. The van der Waals surface area contributed by atoms with Gasteiger partial charge in [0.05, 0.1) is 10.5 Å². The minimum atomic E-state index is 0.303. The van der Waals surface area contributed by atoms with E-state index >= 15 is 0 Å². The van der Waals surface area contributed by atoms with Crippen LogP contribution >= 0.6 is 11.6 Å². The van der Waals surface area contributed by atoms with Gasteiger partial charge < -0.3 is 4.42 Å². The molecule has 18 heavy (non-hydrogen) atoms. The molecule has 0 spiro atoms. The predicted molar refractivity (Wildman–Crippen MR) is 69.8 cm³/mol. The van der Waals surface area contributed by atoms with E-state index < -0.39 is 0 Å². The number of carbonyl (C=O) groups excluding carboxylic acids is 1. The van der Waals surface area contributed by atoms with Gasteiger partial charge in [0.25, 0.3) is 0 Å². The van der Waals surface area contributed by atoms with Gasteiger partial charge in [-0.25, -0.2) is 0 Å². The number of pyridine rings is 1. The number of hydrogen-bond acceptors (Lipinski definition) is 3. The Bertz CT molecular complexity index is 733. The number of rotatable bonds is 2. The monoisotopic (exact) mass is 257 g/mol. The van der Waals surface area contributed by atoms with E-state index in [0.717, 1.165) is 16.5 Å². The molecular formula is C14H8ClNO2. The van der Waals surface area contributed by atoms with E-state index in [1.54, 1.807) is 24.4 Å². The van der Waals surface area contributed by atoms with Gasteiger partial charge in [-0.15, -0.1) is 0 Å². The van der Waals surface area contributed by atoms with Crippen molar-refractivity contribution in [2.75, 3.05) is 0 Å². The molecule has 3 aromatic rings. The first-order valence-electron chi connectivity index (χ1n) is 5.38. The second-order valence-electron chi connectivity index (χ2n) is 3.81. The van der Waals surface area contributed by atoms with Crippen LogP contribution in [0, 0.1) is 0 Å². The molecule has 0 saturated carbocycles. The Morgan fingerprint density at radius 3 is 2.83 bits per heavy atom. The number of aromatic nitrogens is 1. The summed E-state index contributed by atoms with van der Waals surface area (Å²) in [5.41, 5.74) is 1.59. The molecule has 0 saturated heterocycles. The summed E-state index contributed by atoms with van der Waals surface area (Å²) < 4.78 is 5.43. The molecule has 0 amide bonds. The number of nitrogens with zero attached hydrogens (tertiary/aromatic N) is 1. The van der Waals surface area contributed by atoms with Gasteiger partial charge in [-0.1, -0.05) is 17.7 Å². The minimum Gasteiger partial charge on any atom is -0.453 e. The van der Waals surface area contributed by atoms with Crippen LogP contribution in [0.3, 0.4) is 0 Å². The highest BCUT2D eigenvalue weighted by Gasteiger charge is 2.10. The van der Waals surface area contributed by atoms with E-state index in [1.165, 1.54) is 0 Å². The zero-order valence-corrected chi connectivity index (χ0v) is 10.0. The first-order chi connectivity index (χ1) is 8.79. The molecule has 2 aromatic heterocycles. The smallest absolute Gasteiger partial charge is 0.185 e. The molecule has 1 aromatic carbocycles. The highest BCUT2D eigenvalue weighted by molar-refractivity contribution is 6.35. The van der Waals surface area contributed by atoms with Gasteiger partial charge in [0.15, 0.2) is 12.0 Å². The lowest BCUT2D eigenvalue weighted by Gasteiger charge is -2.04. The second kappa shape index (κ2) is 4.27. The number of benzene rings is 1. The Morgan fingerprint density at radius 1 is 1.17 bits per heavy atom. The quantitative estimate of drug-likeness (QED) is 0.653. The number of fused-ring (bicyclic) bond motifs is 1. The molecule has 0 N–H and O–H groups in total. The lowest BCUT2D eigenvalue weighted by atomic mass is 10.1. The third-order valence-electron chi connectivity index (χ3n) is 2.73. The Kier molecular flexibility index (Phi) is 2.61. The van der Waals surface area contributed by atoms with E-state index in [4.69, 9.17) is 16.0 Å². The SMILES string of the molecule is O=Cc1ccc(-c2ccc(Cl)c3ncccc23)o1.